The Bertz CT molecular complexity index is 1270. The maximum absolute atomic E-state index is 12.8. The third-order valence-corrected chi connectivity index (χ3v) is 7.25. The highest BCUT2D eigenvalue weighted by molar-refractivity contribution is 7.93. The summed E-state index contributed by atoms with van der Waals surface area (Å²) < 4.78 is 27.2. The molecule has 7 nitrogen and oxygen atoms in total. The van der Waals surface area contributed by atoms with Crippen molar-refractivity contribution >= 4 is 49.4 Å². The molecule has 0 bridgehead atoms. The van der Waals surface area contributed by atoms with E-state index < -0.39 is 10.0 Å². The number of rotatable bonds is 6. The van der Waals surface area contributed by atoms with Gasteiger partial charge in [0.1, 0.15) is 5.69 Å². The molecule has 0 saturated carbocycles. The van der Waals surface area contributed by atoms with E-state index in [2.05, 4.69) is 20.0 Å². The fraction of sp³-hybridized carbons (Fsp3) is 0.0500. The summed E-state index contributed by atoms with van der Waals surface area (Å²) >= 11 is 2.64. The summed E-state index contributed by atoms with van der Waals surface area (Å²) in [6, 6.07) is 15.5. The Morgan fingerprint density at radius 3 is 2.43 bits per heavy atom. The Morgan fingerprint density at radius 2 is 1.77 bits per heavy atom. The first-order valence-corrected chi connectivity index (χ1v) is 12.0. The molecule has 0 fully saturated rings. The number of benzene rings is 2. The number of nitrogens with zero attached hydrogens (tertiary/aromatic N) is 2. The fourth-order valence-corrected chi connectivity index (χ4v) is 5.43. The van der Waals surface area contributed by atoms with Gasteiger partial charge in [-0.15, -0.1) is 22.7 Å². The van der Waals surface area contributed by atoms with Crippen LogP contribution in [0.4, 0.5) is 10.8 Å². The second kappa shape index (κ2) is 8.34. The van der Waals surface area contributed by atoms with Gasteiger partial charge in [-0.3, -0.25) is 9.52 Å². The maximum Gasteiger partial charge on any atom is 0.275 e. The van der Waals surface area contributed by atoms with Gasteiger partial charge in [0.2, 0.25) is 0 Å². The zero-order valence-corrected chi connectivity index (χ0v) is 18.1. The molecule has 0 aliphatic carbocycles. The van der Waals surface area contributed by atoms with Crippen molar-refractivity contribution in [2.45, 2.75) is 11.8 Å². The minimum Gasteiger partial charge on any atom is -0.321 e. The van der Waals surface area contributed by atoms with Gasteiger partial charge in [0.15, 0.2) is 5.13 Å². The highest BCUT2D eigenvalue weighted by Crippen LogP contribution is 2.30. The molecule has 0 aliphatic heterocycles. The number of amides is 1. The molecule has 0 atom stereocenters. The van der Waals surface area contributed by atoms with Crippen LogP contribution >= 0.6 is 22.7 Å². The Labute approximate surface area is 181 Å². The van der Waals surface area contributed by atoms with Gasteiger partial charge in [0.25, 0.3) is 15.9 Å². The molecule has 4 rings (SSSR count). The van der Waals surface area contributed by atoms with Gasteiger partial charge in [-0.25, -0.2) is 18.4 Å². The fourth-order valence-electron chi connectivity index (χ4n) is 2.72. The largest absolute Gasteiger partial charge is 0.321 e. The molecular formula is C20H16N4O3S3. The summed E-state index contributed by atoms with van der Waals surface area (Å²) in [5.74, 6) is -0.352. The van der Waals surface area contributed by atoms with E-state index in [0.717, 1.165) is 15.4 Å². The highest BCUT2D eigenvalue weighted by Gasteiger charge is 2.19. The smallest absolute Gasteiger partial charge is 0.275 e. The molecule has 2 aromatic heterocycles. The molecule has 152 valence electrons. The SMILES string of the molecule is Cc1nc(C(=O)Nc2ccc(S(=O)(=O)Nc3nccs3)cc2)c(-c2ccccc2)s1. The van der Waals surface area contributed by atoms with Crippen LogP contribution in [0.1, 0.15) is 15.5 Å². The molecule has 0 aliphatic rings. The predicted octanol–water partition coefficient (Wildman–Crippen LogP) is 4.63. The summed E-state index contributed by atoms with van der Waals surface area (Å²) in [6.07, 6.45) is 1.52. The molecule has 1 amide bonds. The Balaban J connectivity index is 1.53. The lowest BCUT2D eigenvalue weighted by atomic mass is 10.1. The minimum absolute atomic E-state index is 0.0742. The second-order valence-electron chi connectivity index (χ2n) is 6.20. The van der Waals surface area contributed by atoms with Gasteiger partial charge in [0, 0.05) is 17.3 Å². The lowest BCUT2D eigenvalue weighted by Gasteiger charge is -2.08. The number of hydrogen-bond donors (Lipinski definition) is 2. The van der Waals surface area contributed by atoms with E-state index in [0.29, 0.717) is 16.5 Å². The van der Waals surface area contributed by atoms with Crippen LogP contribution in [0.2, 0.25) is 0 Å². The van der Waals surface area contributed by atoms with Crippen molar-refractivity contribution in [1.82, 2.24) is 9.97 Å². The van der Waals surface area contributed by atoms with E-state index in [1.54, 1.807) is 5.38 Å². The number of thiazole rings is 2. The molecule has 10 heteroatoms. The van der Waals surface area contributed by atoms with Crippen molar-refractivity contribution in [2.75, 3.05) is 10.0 Å². The van der Waals surface area contributed by atoms with E-state index in [1.165, 1.54) is 53.1 Å². The number of sulfonamides is 1. The first kappa shape index (κ1) is 20.2. The third-order valence-electron chi connectivity index (χ3n) is 4.06. The third kappa shape index (κ3) is 4.40. The van der Waals surface area contributed by atoms with Crippen LogP contribution in [0.5, 0.6) is 0 Å². The van der Waals surface area contributed by atoms with Gasteiger partial charge in [0.05, 0.1) is 14.8 Å². The Hall–Kier alpha value is -3.08. The van der Waals surface area contributed by atoms with Crippen molar-refractivity contribution in [3.05, 3.63) is 76.9 Å². The Morgan fingerprint density at radius 1 is 1.03 bits per heavy atom. The molecule has 2 heterocycles. The van der Waals surface area contributed by atoms with Crippen LogP contribution in [0.25, 0.3) is 10.4 Å². The molecule has 0 unspecified atom stereocenters. The first-order chi connectivity index (χ1) is 14.4. The average Bonchev–Trinajstić information content (AvgIpc) is 3.38. The number of aryl methyl sites for hydroxylation is 1. The van der Waals surface area contributed by atoms with Crippen LogP contribution in [0, 0.1) is 6.92 Å². The summed E-state index contributed by atoms with van der Waals surface area (Å²) in [4.78, 5) is 22.0. The van der Waals surface area contributed by atoms with Crippen molar-refractivity contribution < 1.29 is 13.2 Å². The van der Waals surface area contributed by atoms with Crippen LogP contribution in [-0.2, 0) is 10.0 Å². The molecule has 30 heavy (non-hydrogen) atoms. The van der Waals surface area contributed by atoms with E-state index in [1.807, 2.05) is 37.3 Å². The highest BCUT2D eigenvalue weighted by atomic mass is 32.2. The van der Waals surface area contributed by atoms with Crippen LogP contribution in [-0.4, -0.2) is 24.3 Å². The Kier molecular flexibility index (Phi) is 5.62. The predicted molar refractivity (Wildman–Crippen MR) is 120 cm³/mol. The van der Waals surface area contributed by atoms with Crippen molar-refractivity contribution in [3.8, 4) is 10.4 Å². The zero-order valence-electron chi connectivity index (χ0n) is 15.7. The number of aromatic nitrogens is 2. The number of carbonyl (C=O) groups excluding carboxylic acids is 1. The summed E-state index contributed by atoms with van der Waals surface area (Å²) in [6.45, 7) is 1.85. The van der Waals surface area contributed by atoms with Crippen molar-refractivity contribution in [3.63, 3.8) is 0 Å². The molecule has 2 aromatic carbocycles. The van der Waals surface area contributed by atoms with E-state index in [4.69, 9.17) is 0 Å². The normalized spacial score (nSPS) is 11.2. The minimum atomic E-state index is -3.75. The molecule has 0 spiro atoms. The molecule has 2 N–H and O–H groups in total. The number of carbonyl (C=O) groups is 1. The van der Waals surface area contributed by atoms with Crippen molar-refractivity contribution in [1.29, 1.82) is 0 Å². The van der Waals surface area contributed by atoms with Crippen molar-refractivity contribution in [2.24, 2.45) is 0 Å². The van der Waals surface area contributed by atoms with Gasteiger partial charge in [-0.05, 0) is 36.8 Å². The number of anilines is 2. The lowest BCUT2D eigenvalue weighted by Crippen LogP contribution is -2.15. The monoisotopic (exact) mass is 456 g/mol. The summed E-state index contributed by atoms with van der Waals surface area (Å²) in [5, 5.41) is 5.54. The maximum atomic E-state index is 12.8. The zero-order chi connectivity index (χ0) is 21.1. The summed E-state index contributed by atoms with van der Waals surface area (Å²) in [7, 11) is -3.75. The second-order valence-corrected chi connectivity index (χ2v) is 9.98. The lowest BCUT2D eigenvalue weighted by molar-refractivity contribution is 0.102. The van der Waals surface area contributed by atoms with Gasteiger partial charge in [-0.2, -0.15) is 0 Å². The molecule has 4 aromatic rings. The average molecular weight is 457 g/mol. The quantitative estimate of drug-likeness (QED) is 0.441. The standard InChI is InChI=1S/C20H16N4O3S3/c1-13-22-17(18(29-13)14-5-3-2-4-6-14)19(25)23-15-7-9-16(10-8-15)30(26,27)24-20-21-11-12-28-20/h2-12H,1H3,(H,21,24)(H,23,25). The van der Waals surface area contributed by atoms with Crippen LogP contribution in [0.3, 0.4) is 0 Å². The van der Waals surface area contributed by atoms with Gasteiger partial charge in [-0.1, -0.05) is 30.3 Å². The summed E-state index contributed by atoms with van der Waals surface area (Å²) in [5.41, 5.74) is 1.73. The van der Waals surface area contributed by atoms with Gasteiger partial charge < -0.3 is 5.32 Å². The van der Waals surface area contributed by atoms with Crippen LogP contribution in [0.15, 0.2) is 71.1 Å². The number of hydrogen-bond acceptors (Lipinski definition) is 7. The molecular weight excluding hydrogens is 440 g/mol. The van der Waals surface area contributed by atoms with E-state index in [-0.39, 0.29) is 10.8 Å². The van der Waals surface area contributed by atoms with Crippen LogP contribution < -0.4 is 10.0 Å². The first-order valence-electron chi connectivity index (χ1n) is 8.79. The van der Waals surface area contributed by atoms with E-state index >= 15 is 0 Å². The number of nitrogens with one attached hydrogen (secondary N) is 2. The topological polar surface area (TPSA) is 101 Å². The molecule has 0 radical (unpaired) electrons. The molecule has 0 saturated heterocycles. The van der Waals surface area contributed by atoms with E-state index in [9.17, 15) is 13.2 Å². The van der Waals surface area contributed by atoms with Gasteiger partial charge >= 0.3 is 0 Å².